The molecule has 1 aromatic carbocycles. The monoisotopic (exact) mass is 403 g/mol. The van der Waals surface area contributed by atoms with Crippen LogP contribution in [0.2, 0.25) is 0 Å². The van der Waals surface area contributed by atoms with E-state index in [-0.39, 0.29) is 30.3 Å². The van der Waals surface area contributed by atoms with Crippen molar-refractivity contribution in [3.05, 3.63) is 29.3 Å². The first kappa shape index (κ1) is 21.0. The number of nitrogens with one attached hydrogen (secondary N) is 1. The Hall–Kier alpha value is -2.77. The third-order valence-electron chi connectivity index (χ3n) is 5.28. The normalized spacial score (nSPS) is 18.9. The van der Waals surface area contributed by atoms with Crippen LogP contribution in [0.1, 0.15) is 36.2 Å². The summed E-state index contributed by atoms with van der Waals surface area (Å²) in [5, 5.41) is 2.90. The lowest BCUT2D eigenvalue weighted by Gasteiger charge is -2.20. The van der Waals surface area contributed by atoms with Gasteiger partial charge in [-0.2, -0.15) is 0 Å². The van der Waals surface area contributed by atoms with Crippen molar-refractivity contribution in [3.63, 3.8) is 0 Å². The van der Waals surface area contributed by atoms with Gasteiger partial charge in [0.25, 0.3) is 5.91 Å². The molecule has 1 atom stereocenters. The molecule has 0 saturated carbocycles. The van der Waals surface area contributed by atoms with E-state index >= 15 is 0 Å². The molecule has 0 radical (unpaired) electrons. The number of rotatable bonds is 7. The Bertz CT molecular complexity index is 780. The molecule has 2 fully saturated rings. The van der Waals surface area contributed by atoms with Gasteiger partial charge in [0, 0.05) is 24.7 Å². The van der Waals surface area contributed by atoms with E-state index < -0.39 is 6.09 Å². The molecule has 29 heavy (non-hydrogen) atoms. The maximum Gasteiger partial charge on any atom is 0.410 e. The van der Waals surface area contributed by atoms with Crippen molar-refractivity contribution in [1.82, 2.24) is 15.1 Å². The highest BCUT2D eigenvalue weighted by Gasteiger charge is 2.31. The molecule has 3 rings (SSSR count). The molecule has 158 valence electrons. The molecule has 2 saturated heterocycles. The number of methoxy groups -OCH3 is 1. The molecule has 0 bridgehead atoms. The van der Waals surface area contributed by atoms with Gasteiger partial charge in [0.15, 0.2) is 0 Å². The summed E-state index contributed by atoms with van der Waals surface area (Å²) in [5.74, 6) is 0.866. The molecule has 3 amide bonds. The average molecular weight is 403 g/mol. The summed E-state index contributed by atoms with van der Waals surface area (Å²) in [6.07, 6.45) is 1.18. The molecular formula is C21H29N3O5. The van der Waals surface area contributed by atoms with E-state index in [0.29, 0.717) is 31.8 Å². The summed E-state index contributed by atoms with van der Waals surface area (Å²) < 4.78 is 10.4. The van der Waals surface area contributed by atoms with Crippen molar-refractivity contribution in [2.24, 2.45) is 5.92 Å². The fourth-order valence-electron chi connectivity index (χ4n) is 3.79. The van der Waals surface area contributed by atoms with E-state index in [9.17, 15) is 14.4 Å². The van der Waals surface area contributed by atoms with Crippen molar-refractivity contribution < 1.29 is 23.9 Å². The Morgan fingerprint density at radius 2 is 2.10 bits per heavy atom. The molecule has 0 aliphatic carbocycles. The largest absolute Gasteiger partial charge is 0.496 e. The minimum atomic E-state index is -0.421. The summed E-state index contributed by atoms with van der Waals surface area (Å²) in [5.41, 5.74) is 1.57. The summed E-state index contributed by atoms with van der Waals surface area (Å²) in [6, 6.07) is 5.53. The Kier molecular flexibility index (Phi) is 6.61. The van der Waals surface area contributed by atoms with Crippen LogP contribution in [0, 0.1) is 5.92 Å². The zero-order valence-corrected chi connectivity index (χ0v) is 17.3. The van der Waals surface area contributed by atoms with Crippen molar-refractivity contribution >= 4 is 17.9 Å². The quantitative estimate of drug-likeness (QED) is 0.748. The molecule has 2 aliphatic heterocycles. The number of cyclic esters (lactones) is 1. The summed E-state index contributed by atoms with van der Waals surface area (Å²) in [7, 11) is 1.62. The summed E-state index contributed by atoms with van der Waals surface area (Å²) in [4.78, 5) is 39.6. The smallest absolute Gasteiger partial charge is 0.410 e. The number of hydrogen-bond acceptors (Lipinski definition) is 5. The van der Waals surface area contributed by atoms with Crippen molar-refractivity contribution in [2.75, 3.05) is 39.9 Å². The molecule has 0 spiro atoms. The van der Waals surface area contributed by atoms with E-state index in [1.165, 1.54) is 4.90 Å². The molecule has 1 aromatic rings. The predicted molar refractivity (Wildman–Crippen MR) is 107 cm³/mol. The Morgan fingerprint density at radius 1 is 1.31 bits per heavy atom. The van der Waals surface area contributed by atoms with Gasteiger partial charge in [-0.3, -0.25) is 14.5 Å². The molecule has 2 aliphatic rings. The first-order valence-electron chi connectivity index (χ1n) is 10.0. The fourth-order valence-corrected chi connectivity index (χ4v) is 3.79. The van der Waals surface area contributed by atoms with Gasteiger partial charge in [-0.05, 0) is 56.4 Å². The summed E-state index contributed by atoms with van der Waals surface area (Å²) >= 11 is 0. The third-order valence-corrected chi connectivity index (χ3v) is 5.28. The minimum Gasteiger partial charge on any atom is -0.496 e. The van der Waals surface area contributed by atoms with E-state index in [2.05, 4.69) is 5.32 Å². The number of ether oxygens (including phenoxy) is 2. The first-order valence-corrected chi connectivity index (χ1v) is 10.0. The van der Waals surface area contributed by atoms with Crippen LogP contribution in [0.25, 0.3) is 0 Å². The standard InChI is InChI=1S/C21H29N3O5/c1-14(2)22-20(26)16-4-5-18(28-3)17(11-16)10-15-6-7-23(12-15)19(25)13-24-8-9-29-21(24)27/h4-5,11,14-15H,6-10,12-13H2,1-3H3,(H,22,26). The lowest BCUT2D eigenvalue weighted by molar-refractivity contribution is -0.130. The molecule has 1 unspecified atom stereocenters. The molecular weight excluding hydrogens is 374 g/mol. The van der Waals surface area contributed by atoms with Gasteiger partial charge in [0.1, 0.15) is 18.9 Å². The number of carbonyl (C=O) groups excluding carboxylic acids is 3. The van der Waals surface area contributed by atoms with Crippen LogP contribution in [-0.2, 0) is 16.0 Å². The van der Waals surface area contributed by atoms with Gasteiger partial charge >= 0.3 is 6.09 Å². The number of carbonyl (C=O) groups is 3. The highest BCUT2D eigenvalue weighted by atomic mass is 16.6. The minimum absolute atomic E-state index is 0.0524. The van der Waals surface area contributed by atoms with E-state index in [1.54, 1.807) is 18.1 Å². The zero-order chi connectivity index (χ0) is 21.0. The SMILES string of the molecule is COc1ccc(C(=O)NC(C)C)cc1CC1CCN(C(=O)CN2CCOC2=O)C1. The van der Waals surface area contributed by atoms with Gasteiger partial charge in [-0.25, -0.2) is 4.79 Å². The topological polar surface area (TPSA) is 88.2 Å². The Morgan fingerprint density at radius 3 is 2.76 bits per heavy atom. The van der Waals surface area contributed by atoms with Crippen LogP contribution in [0.3, 0.4) is 0 Å². The van der Waals surface area contributed by atoms with Crippen molar-refractivity contribution in [3.8, 4) is 5.75 Å². The van der Waals surface area contributed by atoms with E-state index in [0.717, 1.165) is 24.2 Å². The molecule has 2 heterocycles. The number of amides is 3. The van der Waals surface area contributed by atoms with E-state index in [1.807, 2.05) is 26.0 Å². The van der Waals surface area contributed by atoms with Crippen LogP contribution in [-0.4, -0.2) is 73.6 Å². The van der Waals surface area contributed by atoms with Crippen LogP contribution in [0.15, 0.2) is 18.2 Å². The van der Waals surface area contributed by atoms with Gasteiger partial charge in [-0.1, -0.05) is 0 Å². The number of nitrogens with zero attached hydrogens (tertiary/aromatic N) is 2. The Labute approximate surface area is 171 Å². The second-order valence-corrected chi connectivity index (χ2v) is 7.89. The van der Waals surface area contributed by atoms with Gasteiger partial charge < -0.3 is 19.7 Å². The molecule has 8 nitrogen and oxygen atoms in total. The van der Waals surface area contributed by atoms with Crippen LogP contribution in [0.4, 0.5) is 4.79 Å². The van der Waals surface area contributed by atoms with Crippen LogP contribution < -0.4 is 10.1 Å². The summed E-state index contributed by atoms with van der Waals surface area (Å²) in [6.45, 7) is 6.03. The first-order chi connectivity index (χ1) is 13.9. The molecule has 8 heteroatoms. The van der Waals surface area contributed by atoms with Crippen molar-refractivity contribution in [2.45, 2.75) is 32.7 Å². The predicted octanol–water partition coefficient (Wildman–Crippen LogP) is 1.68. The lowest BCUT2D eigenvalue weighted by atomic mass is 9.96. The second-order valence-electron chi connectivity index (χ2n) is 7.89. The molecule has 0 aromatic heterocycles. The Balaban J connectivity index is 1.61. The van der Waals surface area contributed by atoms with Crippen molar-refractivity contribution in [1.29, 1.82) is 0 Å². The molecule has 1 N–H and O–H groups in total. The van der Waals surface area contributed by atoms with Gasteiger partial charge in [-0.15, -0.1) is 0 Å². The van der Waals surface area contributed by atoms with Crippen LogP contribution in [0.5, 0.6) is 5.75 Å². The second kappa shape index (κ2) is 9.15. The lowest BCUT2D eigenvalue weighted by Crippen LogP contribution is -2.39. The van der Waals surface area contributed by atoms with Gasteiger partial charge in [0.05, 0.1) is 13.7 Å². The number of likely N-dealkylation sites (tertiary alicyclic amines) is 1. The third kappa shape index (κ3) is 5.19. The average Bonchev–Trinajstić information content (AvgIpc) is 3.30. The number of hydrogen-bond donors (Lipinski definition) is 1. The van der Waals surface area contributed by atoms with Gasteiger partial charge in [0.2, 0.25) is 5.91 Å². The van der Waals surface area contributed by atoms with E-state index in [4.69, 9.17) is 9.47 Å². The van der Waals surface area contributed by atoms with Crippen LogP contribution >= 0.6 is 0 Å². The maximum absolute atomic E-state index is 12.5. The highest BCUT2D eigenvalue weighted by Crippen LogP contribution is 2.27. The number of benzene rings is 1. The fraction of sp³-hybridized carbons (Fsp3) is 0.571. The maximum atomic E-state index is 12.5. The zero-order valence-electron chi connectivity index (χ0n) is 17.3. The highest BCUT2D eigenvalue weighted by molar-refractivity contribution is 5.94.